The van der Waals surface area contributed by atoms with Crippen molar-refractivity contribution in [1.82, 2.24) is 5.16 Å². The second kappa shape index (κ2) is 5.53. The predicted molar refractivity (Wildman–Crippen MR) is 66.1 cm³/mol. The minimum atomic E-state index is -1.10. The number of aromatic carboxylic acids is 1. The number of hydrogen-bond donors (Lipinski definition) is 1. The van der Waals surface area contributed by atoms with Gasteiger partial charge >= 0.3 is 5.97 Å². The molecular formula is C11H8N2O5S. The predicted octanol–water partition coefficient (Wildman–Crippen LogP) is 2.57. The van der Waals surface area contributed by atoms with Crippen LogP contribution in [0.15, 0.2) is 39.9 Å². The third kappa shape index (κ3) is 3.10. The van der Waals surface area contributed by atoms with Crippen molar-refractivity contribution in [2.45, 2.75) is 10.6 Å². The molecule has 1 N–H and O–H groups in total. The number of thioether (sulfide) groups is 1. The van der Waals surface area contributed by atoms with Crippen molar-refractivity contribution >= 4 is 23.4 Å². The molecule has 2 aromatic rings. The molecule has 0 amide bonds. The Morgan fingerprint density at radius 2 is 2.11 bits per heavy atom. The molecule has 0 radical (unpaired) electrons. The Bertz CT molecular complexity index is 608. The number of nitro benzene ring substituents is 1. The SMILES string of the molecule is O=C(O)c1cnoc1CSc1ccc([N+](=O)[O-])cc1. The number of nitro groups is 1. The van der Waals surface area contributed by atoms with Crippen LogP contribution in [0.5, 0.6) is 0 Å². The first-order valence-corrected chi connectivity index (χ1v) is 6.10. The van der Waals surface area contributed by atoms with E-state index in [-0.39, 0.29) is 17.0 Å². The van der Waals surface area contributed by atoms with Gasteiger partial charge < -0.3 is 9.63 Å². The van der Waals surface area contributed by atoms with Crippen molar-refractivity contribution in [2.24, 2.45) is 0 Å². The number of non-ortho nitro benzene ring substituents is 1. The van der Waals surface area contributed by atoms with E-state index in [1.54, 1.807) is 12.1 Å². The van der Waals surface area contributed by atoms with Gasteiger partial charge in [0.05, 0.1) is 16.9 Å². The zero-order valence-corrected chi connectivity index (χ0v) is 10.3. The van der Waals surface area contributed by atoms with E-state index in [2.05, 4.69) is 5.16 Å². The van der Waals surface area contributed by atoms with Gasteiger partial charge in [0.2, 0.25) is 0 Å². The van der Waals surface area contributed by atoms with Gasteiger partial charge in [0, 0.05) is 17.0 Å². The van der Waals surface area contributed by atoms with Crippen LogP contribution in [0.25, 0.3) is 0 Å². The number of nitrogens with zero attached hydrogens (tertiary/aromatic N) is 2. The van der Waals surface area contributed by atoms with Crippen molar-refractivity contribution < 1.29 is 19.3 Å². The van der Waals surface area contributed by atoms with Gasteiger partial charge in [-0.1, -0.05) is 5.16 Å². The lowest BCUT2D eigenvalue weighted by atomic mass is 10.3. The van der Waals surface area contributed by atoms with Crippen LogP contribution in [0.3, 0.4) is 0 Å². The molecule has 98 valence electrons. The molecule has 0 atom stereocenters. The summed E-state index contributed by atoms with van der Waals surface area (Å²) in [5.74, 6) is -0.546. The highest BCUT2D eigenvalue weighted by molar-refractivity contribution is 7.98. The summed E-state index contributed by atoms with van der Waals surface area (Å²) in [6.07, 6.45) is 1.15. The lowest BCUT2D eigenvalue weighted by molar-refractivity contribution is -0.384. The molecule has 0 fully saturated rings. The molecule has 8 heteroatoms. The Morgan fingerprint density at radius 1 is 1.42 bits per heavy atom. The van der Waals surface area contributed by atoms with Gasteiger partial charge in [0.25, 0.3) is 5.69 Å². The maximum atomic E-state index is 10.8. The lowest BCUT2D eigenvalue weighted by Crippen LogP contribution is -1.97. The molecule has 2 rings (SSSR count). The molecule has 0 aliphatic carbocycles. The summed E-state index contributed by atoms with van der Waals surface area (Å²) >= 11 is 1.31. The Kier molecular flexibility index (Phi) is 3.81. The maximum Gasteiger partial charge on any atom is 0.341 e. The van der Waals surface area contributed by atoms with Gasteiger partial charge in [-0.3, -0.25) is 10.1 Å². The van der Waals surface area contributed by atoms with E-state index in [9.17, 15) is 14.9 Å². The third-order valence-corrected chi connectivity index (χ3v) is 3.31. The fraction of sp³-hybridized carbons (Fsp3) is 0.0909. The summed E-state index contributed by atoms with van der Waals surface area (Å²) in [5, 5.41) is 22.8. The third-order valence-electron chi connectivity index (χ3n) is 2.29. The van der Waals surface area contributed by atoms with Crippen LogP contribution in [-0.2, 0) is 5.75 Å². The first kappa shape index (κ1) is 13.1. The van der Waals surface area contributed by atoms with Crippen molar-refractivity contribution in [3.05, 3.63) is 51.9 Å². The van der Waals surface area contributed by atoms with Crippen LogP contribution in [0.4, 0.5) is 5.69 Å². The van der Waals surface area contributed by atoms with Gasteiger partial charge in [-0.15, -0.1) is 11.8 Å². The maximum absolute atomic E-state index is 10.8. The number of rotatable bonds is 5. The molecule has 0 spiro atoms. The van der Waals surface area contributed by atoms with Crippen molar-refractivity contribution in [1.29, 1.82) is 0 Å². The molecule has 0 aliphatic rings. The van der Waals surface area contributed by atoms with Crippen molar-refractivity contribution in [3.63, 3.8) is 0 Å². The zero-order valence-electron chi connectivity index (χ0n) is 9.48. The second-order valence-corrected chi connectivity index (χ2v) is 4.56. The summed E-state index contributed by atoms with van der Waals surface area (Å²) in [6.45, 7) is 0. The highest BCUT2D eigenvalue weighted by Crippen LogP contribution is 2.26. The summed E-state index contributed by atoms with van der Waals surface area (Å²) in [7, 11) is 0. The van der Waals surface area contributed by atoms with Gasteiger partial charge in [-0.25, -0.2) is 4.79 Å². The smallest absolute Gasteiger partial charge is 0.341 e. The highest BCUT2D eigenvalue weighted by Gasteiger charge is 2.15. The van der Waals surface area contributed by atoms with Crippen LogP contribution >= 0.6 is 11.8 Å². The van der Waals surface area contributed by atoms with Gasteiger partial charge in [0.15, 0.2) is 5.76 Å². The van der Waals surface area contributed by atoms with E-state index < -0.39 is 10.9 Å². The monoisotopic (exact) mass is 280 g/mol. The second-order valence-electron chi connectivity index (χ2n) is 3.51. The highest BCUT2D eigenvalue weighted by atomic mass is 32.2. The molecule has 0 bridgehead atoms. The number of carbonyl (C=O) groups is 1. The number of aromatic nitrogens is 1. The summed E-state index contributed by atoms with van der Waals surface area (Å²) in [6, 6.07) is 5.97. The Labute approximate surface area is 111 Å². The van der Waals surface area contributed by atoms with E-state index in [0.29, 0.717) is 5.75 Å². The van der Waals surface area contributed by atoms with Crippen molar-refractivity contribution in [3.8, 4) is 0 Å². The fourth-order valence-electron chi connectivity index (χ4n) is 1.36. The van der Waals surface area contributed by atoms with Crippen LogP contribution in [0, 0.1) is 10.1 Å². The minimum absolute atomic E-state index is 0.00948. The Morgan fingerprint density at radius 3 is 2.68 bits per heavy atom. The first-order valence-electron chi connectivity index (χ1n) is 5.12. The van der Waals surface area contributed by atoms with Crippen LogP contribution in [0.1, 0.15) is 16.1 Å². The molecule has 1 aromatic carbocycles. The summed E-state index contributed by atoms with van der Waals surface area (Å²) in [5.41, 5.74) is 0.0321. The zero-order chi connectivity index (χ0) is 13.8. The van der Waals surface area contributed by atoms with E-state index in [1.807, 2.05) is 0 Å². The fourth-order valence-corrected chi connectivity index (χ4v) is 2.19. The molecule has 1 aromatic heterocycles. The largest absolute Gasteiger partial charge is 0.478 e. The van der Waals surface area contributed by atoms with Crippen molar-refractivity contribution in [2.75, 3.05) is 0 Å². The molecule has 0 saturated heterocycles. The summed E-state index contributed by atoms with van der Waals surface area (Å²) in [4.78, 5) is 21.6. The molecular weight excluding hydrogens is 272 g/mol. The lowest BCUT2D eigenvalue weighted by Gasteiger charge is -1.99. The number of carboxylic acid groups (broad SMARTS) is 1. The van der Waals surface area contributed by atoms with Crippen LogP contribution in [-0.4, -0.2) is 21.2 Å². The van der Waals surface area contributed by atoms with E-state index in [1.165, 1.54) is 23.9 Å². The molecule has 0 aliphatic heterocycles. The average Bonchev–Trinajstić information content (AvgIpc) is 2.85. The average molecular weight is 280 g/mol. The van der Waals surface area contributed by atoms with Crippen LogP contribution in [0.2, 0.25) is 0 Å². The summed E-state index contributed by atoms with van der Waals surface area (Å²) < 4.78 is 4.85. The minimum Gasteiger partial charge on any atom is -0.478 e. The van der Waals surface area contributed by atoms with Gasteiger partial charge in [0.1, 0.15) is 5.56 Å². The molecule has 7 nitrogen and oxygen atoms in total. The standard InChI is InChI=1S/C11H8N2O5S/c14-11(15)9-5-12-18-10(9)6-19-8-3-1-7(2-4-8)13(16)17/h1-5H,6H2,(H,14,15). The van der Waals surface area contributed by atoms with Gasteiger partial charge in [-0.05, 0) is 12.1 Å². The number of carboxylic acids is 1. The topological polar surface area (TPSA) is 106 Å². The van der Waals surface area contributed by atoms with E-state index >= 15 is 0 Å². The molecule has 1 heterocycles. The van der Waals surface area contributed by atoms with E-state index in [0.717, 1.165) is 11.1 Å². The van der Waals surface area contributed by atoms with E-state index in [4.69, 9.17) is 9.63 Å². The Balaban J connectivity index is 2.04. The normalized spacial score (nSPS) is 10.3. The van der Waals surface area contributed by atoms with Gasteiger partial charge in [-0.2, -0.15) is 0 Å². The van der Waals surface area contributed by atoms with Crippen LogP contribution < -0.4 is 0 Å². The Hall–Kier alpha value is -2.35. The molecule has 0 saturated carbocycles. The quantitative estimate of drug-likeness (QED) is 0.509. The molecule has 19 heavy (non-hydrogen) atoms. The molecule has 0 unspecified atom stereocenters. The first-order chi connectivity index (χ1) is 9.08. The number of hydrogen-bond acceptors (Lipinski definition) is 6. The number of benzene rings is 1.